The predicted molar refractivity (Wildman–Crippen MR) is 91.9 cm³/mol. The molecule has 1 aromatic carbocycles. The first kappa shape index (κ1) is 18.4. The molecule has 1 fully saturated rings. The summed E-state index contributed by atoms with van der Waals surface area (Å²) in [5.74, 6) is -0.0116. The van der Waals surface area contributed by atoms with E-state index in [1.54, 1.807) is 13.0 Å². The number of nitro benzene ring substituents is 1. The number of nitrogens with one attached hydrogen (secondary N) is 1. The number of aliphatic hydroxyl groups excluding tert-OH is 1. The van der Waals surface area contributed by atoms with Crippen molar-refractivity contribution in [3.8, 4) is 0 Å². The Bertz CT molecular complexity index is 605. The van der Waals surface area contributed by atoms with Crippen LogP contribution in [0.2, 0.25) is 0 Å². The average molecular weight is 335 g/mol. The maximum absolute atomic E-state index is 12.2. The second kappa shape index (κ2) is 8.21. The van der Waals surface area contributed by atoms with Crippen LogP contribution in [0.25, 0.3) is 0 Å². The molecule has 7 heteroatoms. The number of benzene rings is 1. The number of hydrogen-bond donors (Lipinski definition) is 2. The van der Waals surface area contributed by atoms with Gasteiger partial charge in [-0.2, -0.15) is 0 Å². The Labute approximate surface area is 141 Å². The molecule has 0 aliphatic heterocycles. The van der Waals surface area contributed by atoms with Gasteiger partial charge in [0.2, 0.25) is 5.91 Å². The van der Waals surface area contributed by atoms with Crippen LogP contribution in [0, 0.1) is 23.0 Å². The quantitative estimate of drug-likeness (QED) is 0.614. The molecule has 0 spiro atoms. The number of nitrogens with zero attached hydrogens (tertiary/aromatic N) is 2. The van der Waals surface area contributed by atoms with E-state index in [-0.39, 0.29) is 30.2 Å². The van der Waals surface area contributed by atoms with Gasteiger partial charge in [0.25, 0.3) is 5.69 Å². The van der Waals surface area contributed by atoms with E-state index in [1.807, 2.05) is 11.9 Å². The van der Waals surface area contributed by atoms with Crippen LogP contribution in [0.4, 0.5) is 11.4 Å². The molecule has 2 unspecified atom stereocenters. The monoisotopic (exact) mass is 335 g/mol. The zero-order valence-corrected chi connectivity index (χ0v) is 14.2. The van der Waals surface area contributed by atoms with Gasteiger partial charge in [0.05, 0.1) is 23.3 Å². The van der Waals surface area contributed by atoms with E-state index in [2.05, 4.69) is 5.32 Å². The normalized spacial score (nSPS) is 20.8. The van der Waals surface area contributed by atoms with Crippen molar-refractivity contribution in [3.05, 3.63) is 33.9 Å². The summed E-state index contributed by atoms with van der Waals surface area (Å²) in [6.45, 7) is 2.65. The molecule has 1 saturated carbocycles. The molecule has 2 atom stereocenters. The third-order valence-corrected chi connectivity index (χ3v) is 4.53. The summed E-state index contributed by atoms with van der Waals surface area (Å²) in [4.78, 5) is 24.4. The minimum absolute atomic E-state index is 0.0467. The highest BCUT2D eigenvalue weighted by Crippen LogP contribution is 2.25. The molecule has 132 valence electrons. The highest BCUT2D eigenvalue weighted by Gasteiger charge is 2.24. The fourth-order valence-electron chi connectivity index (χ4n) is 3.16. The van der Waals surface area contributed by atoms with Gasteiger partial charge in [0, 0.05) is 18.7 Å². The van der Waals surface area contributed by atoms with Crippen molar-refractivity contribution in [3.63, 3.8) is 0 Å². The second-order valence-electron chi connectivity index (χ2n) is 6.61. The number of hydrogen-bond acceptors (Lipinski definition) is 5. The zero-order chi connectivity index (χ0) is 17.7. The number of carbonyl (C=O) groups is 1. The summed E-state index contributed by atoms with van der Waals surface area (Å²) in [5, 5.41) is 23.6. The van der Waals surface area contributed by atoms with Crippen molar-refractivity contribution in [2.45, 2.75) is 38.7 Å². The molecule has 7 nitrogen and oxygen atoms in total. The number of nitro groups is 1. The third-order valence-electron chi connectivity index (χ3n) is 4.53. The van der Waals surface area contributed by atoms with Crippen molar-refractivity contribution >= 4 is 17.3 Å². The van der Waals surface area contributed by atoms with Crippen LogP contribution in [-0.2, 0) is 4.79 Å². The van der Waals surface area contributed by atoms with Crippen molar-refractivity contribution < 1.29 is 14.8 Å². The lowest BCUT2D eigenvalue weighted by atomic mass is 9.86. The molecule has 1 aromatic rings. The summed E-state index contributed by atoms with van der Waals surface area (Å²) in [6.07, 6.45) is 3.71. The molecule has 0 radical (unpaired) electrons. The Balaban J connectivity index is 1.90. The number of anilines is 1. The van der Waals surface area contributed by atoms with Gasteiger partial charge in [0.15, 0.2) is 0 Å². The van der Waals surface area contributed by atoms with Crippen LogP contribution < -0.4 is 5.32 Å². The van der Waals surface area contributed by atoms with E-state index >= 15 is 0 Å². The Hall–Kier alpha value is -1.99. The highest BCUT2D eigenvalue weighted by atomic mass is 16.6. The lowest BCUT2D eigenvalue weighted by molar-refractivity contribution is -0.384. The average Bonchev–Trinajstić information content (AvgIpc) is 2.51. The molecule has 0 bridgehead atoms. The van der Waals surface area contributed by atoms with Crippen molar-refractivity contribution in [1.82, 2.24) is 4.90 Å². The first-order valence-corrected chi connectivity index (χ1v) is 8.28. The molecule has 0 heterocycles. The van der Waals surface area contributed by atoms with E-state index in [4.69, 9.17) is 0 Å². The standard InChI is InChI=1S/C17H25N3O4/c1-12-7-8-14(20(23)24)9-15(12)18-17(22)11-19(2)10-13-5-3-4-6-16(13)21/h7-9,13,16,21H,3-6,10-11H2,1-2H3,(H,18,22). The summed E-state index contributed by atoms with van der Waals surface area (Å²) < 4.78 is 0. The Kier molecular flexibility index (Phi) is 6.28. The minimum atomic E-state index is -0.480. The van der Waals surface area contributed by atoms with E-state index < -0.39 is 4.92 Å². The van der Waals surface area contributed by atoms with Crippen LogP contribution in [0.15, 0.2) is 18.2 Å². The van der Waals surface area contributed by atoms with Crippen molar-refractivity contribution in [2.24, 2.45) is 5.92 Å². The molecule has 1 aliphatic rings. The van der Waals surface area contributed by atoms with Gasteiger partial charge >= 0.3 is 0 Å². The van der Waals surface area contributed by atoms with Crippen LogP contribution >= 0.6 is 0 Å². The van der Waals surface area contributed by atoms with Gasteiger partial charge < -0.3 is 10.4 Å². The Morgan fingerprint density at radius 1 is 1.42 bits per heavy atom. The van der Waals surface area contributed by atoms with Gasteiger partial charge in [-0.15, -0.1) is 0 Å². The predicted octanol–water partition coefficient (Wildman–Crippen LogP) is 2.32. The maximum Gasteiger partial charge on any atom is 0.271 e. The van der Waals surface area contributed by atoms with E-state index in [9.17, 15) is 20.0 Å². The number of amides is 1. The number of aliphatic hydroxyl groups is 1. The second-order valence-corrected chi connectivity index (χ2v) is 6.61. The smallest absolute Gasteiger partial charge is 0.271 e. The molecule has 24 heavy (non-hydrogen) atoms. The first-order valence-electron chi connectivity index (χ1n) is 8.28. The number of non-ortho nitro benzene ring substituents is 1. The van der Waals surface area contributed by atoms with Crippen LogP contribution in [0.3, 0.4) is 0 Å². The topological polar surface area (TPSA) is 95.7 Å². The van der Waals surface area contributed by atoms with E-state index in [1.165, 1.54) is 12.1 Å². The minimum Gasteiger partial charge on any atom is -0.393 e. The highest BCUT2D eigenvalue weighted by molar-refractivity contribution is 5.93. The van der Waals surface area contributed by atoms with Gasteiger partial charge in [-0.25, -0.2) is 0 Å². The Morgan fingerprint density at radius 2 is 2.12 bits per heavy atom. The van der Waals surface area contributed by atoms with Gasteiger partial charge in [0.1, 0.15) is 0 Å². The molecule has 0 aromatic heterocycles. The molecular formula is C17H25N3O4. The molecule has 0 saturated heterocycles. The van der Waals surface area contributed by atoms with Crippen molar-refractivity contribution in [1.29, 1.82) is 0 Å². The molecular weight excluding hydrogens is 310 g/mol. The van der Waals surface area contributed by atoms with Gasteiger partial charge in [-0.05, 0) is 38.3 Å². The van der Waals surface area contributed by atoms with Gasteiger partial charge in [-0.3, -0.25) is 19.8 Å². The lowest BCUT2D eigenvalue weighted by Crippen LogP contribution is -2.38. The molecule has 1 amide bonds. The third kappa shape index (κ3) is 5.01. The molecule has 2 rings (SSSR count). The Morgan fingerprint density at radius 3 is 2.79 bits per heavy atom. The van der Waals surface area contributed by atoms with Gasteiger partial charge in [-0.1, -0.05) is 18.9 Å². The number of rotatable bonds is 6. The summed E-state index contributed by atoms with van der Waals surface area (Å²) in [6, 6.07) is 4.41. The number of carbonyl (C=O) groups excluding carboxylic acids is 1. The summed E-state index contributed by atoms with van der Waals surface area (Å²) in [7, 11) is 1.85. The first-order chi connectivity index (χ1) is 11.4. The summed E-state index contributed by atoms with van der Waals surface area (Å²) >= 11 is 0. The van der Waals surface area contributed by atoms with E-state index in [0.717, 1.165) is 31.2 Å². The maximum atomic E-state index is 12.2. The van der Waals surface area contributed by atoms with Crippen LogP contribution in [0.5, 0.6) is 0 Å². The fourth-order valence-corrected chi connectivity index (χ4v) is 3.16. The largest absolute Gasteiger partial charge is 0.393 e. The number of likely N-dealkylation sites (N-methyl/N-ethyl adjacent to an activating group) is 1. The van der Waals surface area contributed by atoms with Crippen LogP contribution in [0.1, 0.15) is 31.2 Å². The summed E-state index contributed by atoms with van der Waals surface area (Å²) in [5.41, 5.74) is 1.19. The molecule has 2 N–H and O–H groups in total. The zero-order valence-electron chi connectivity index (χ0n) is 14.2. The lowest BCUT2D eigenvalue weighted by Gasteiger charge is -2.30. The van der Waals surface area contributed by atoms with E-state index in [0.29, 0.717) is 12.2 Å². The fraction of sp³-hybridized carbons (Fsp3) is 0.588. The number of aryl methyl sites for hydroxylation is 1. The SMILES string of the molecule is Cc1ccc([N+](=O)[O-])cc1NC(=O)CN(C)CC1CCCCC1O. The van der Waals surface area contributed by atoms with Crippen molar-refractivity contribution in [2.75, 3.05) is 25.5 Å². The molecule has 1 aliphatic carbocycles. The van der Waals surface area contributed by atoms with Crippen LogP contribution in [-0.4, -0.2) is 47.1 Å².